The van der Waals surface area contributed by atoms with Crippen LogP contribution >= 0.6 is 0 Å². The van der Waals surface area contributed by atoms with Gasteiger partial charge in [-0.2, -0.15) is 0 Å². The number of aliphatic hydroxyl groups is 1. The van der Waals surface area contributed by atoms with Gasteiger partial charge in [-0.15, -0.1) is 0 Å². The molecule has 0 radical (unpaired) electrons. The number of carbonyl (C=O) groups is 3. The number of amides is 1. The van der Waals surface area contributed by atoms with Crippen LogP contribution in [0.1, 0.15) is 0 Å². The molecule has 0 aliphatic heterocycles. The molecule has 0 spiro atoms. The Kier molecular flexibility index (Phi) is 3.82. The van der Waals surface area contributed by atoms with Crippen LogP contribution in [0.5, 0.6) is 0 Å². The van der Waals surface area contributed by atoms with Gasteiger partial charge in [-0.1, -0.05) is 0 Å². The molecule has 0 saturated heterocycles. The molecule has 3 N–H and O–H groups in total. The van der Waals surface area contributed by atoms with Gasteiger partial charge >= 0.3 is 5.97 Å². The second-order valence-electron chi connectivity index (χ2n) is 1.70. The lowest BCUT2D eigenvalue weighted by Gasteiger charge is -2.07. The van der Waals surface area contributed by atoms with Crippen LogP contribution in [0, 0.1) is 0 Å². The van der Waals surface area contributed by atoms with E-state index in [4.69, 9.17) is 10.2 Å². The fraction of sp³-hybridized carbons (Fsp3) is 0.400. The van der Waals surface area contributed by atoms with E-state index >= 15 is 0 Å². The summed E-state index contributed by atoms with van der Waals surface area (Å²) in [6.07, 6.45) is -0.0639. The van der Waals surface area contributed by atoms with E-state index in [1.54, 1.807) is 5.32 Å². The fourth-order valence-electron chi connectivity index (χ4n) is 0.391. The van der Waals surface area contributed by atoms with Gasteiger partial charge in [-0.05, 0) is 0 Å². The summed E-state index contributed by atoms with van der Waals surface area (Å²) in [6.45, 7) is -0.741. The monoisotopic (exact) mass is 161 g/mol. The van der Waals surface area contributed by atoms with E-state index in [0.717, 1.165) is 0 Å². The van der Waals surface area contributed by atoms with Crippen LogP contribution in [0.15, 0.2) is 0 Å². The third kappa shape index (κ3) is 3.31. The average Bonchev–Trinajstić information content (AvgIpc) is 1.99. The lowest BCUT2D eigenvalue weighted by atomic mass is 10.3. The summed E-state index contributed by atoms with van der Waals surface area (Å²) in [7, 11) is 0. The molecular weight excluding hydrogens is 154 g/mol. The maximum absolute atomic E-state index is 10.2. The first kappa shape index (κ1) is 9.57. The zero-order chi connectivity index (χ0) is 8.85. The van der Waals surface area contributed by atoms with Crippen molar-refractivity contribution in [3.05, 3.63) is 0 Å². The molecule has 0 aromatic carbocycles. The molecule has 0 saturated carbocycles. The summed E-state index contributed by atoms with van der Waals surface area (Å²) in [6, 6.07) is -1.41. The standard InChI is InChI=1S/C5H7NO5/c7-1-3(5(10)11)6-4(9)2-8/h2-3,7H,1H2,(H,6,9)(H,10,11)/t3-/m0/s1. The Hall–Kier alpha value is -1.43. The minimum atomic E-state index is -1.41. The van der Waals surface area contributed by atoms with Gasteiger partial charge < -0.3 is 15.5 Å². The number of carboxylic acids is 1. The maximum atomic E-state index is 10.2. The first-order chi connectivity index (χ1) is 5.11. The summed E-state index contributed by atoms with van der Waals surface area (Å²) < 4.78 is 0. The van der Waals surface area contributed by atoms with Crippen molar-refractivity contribution in [1.29, 1.82) is 0 Å². The van der Waals surface area contributed by atoms with Crippen LogP contribution in [-0.2, 0) is 14.4 Å². The quantitative estimate of drug-likeness (QED) is 0.319. The molecule has 0 unspecified atom stereocenters. The number of hydrogen-bond acceptors (Lipinski definition) is 4. The minimum Gasteiger partial charge on any atom is -0.480 e. The van der Waals surface area contributed by atoms with Gasteiger partial charge in [0.2, 0.25) is 6.29 Å². The Morgan fingerprint density at radius 1 is 1.55 bits per heavy atom. The molecule has 0 aliphatic rings. The molecule has 0 fully saturated rings. The molecule has 0 rings (SSSR count). The lowest BCUT2D eigenvalue weighted by molar-refractivity contribution is -0.143. The van der Waals surface area contributed by atoms with Gasteiger partial charge in [0.1, 0.15) is 0 Å². The van der Waals surface area contributed by atoms with E-state index in [2.05, 4.69) is 0 Å². The Labute approximate surface area is 61.8 Å². The molecule has 62 valence electrons. The van der Waals surface area contributed by atoms with E-state index in [9.17, 15) is 14.4 Å². The van der Waals surface area contributed by atoms with Gasteiger partial charge in [-0.25, -0.2) is 4.79 Å². The number of aliphatic hydroxyl groups excluding tert-OH is 1. The predicted octanol–water partition coefficient (Wildman–Crippen LogP) is -2.25. The van der Waals surface area contributed by atoms with E-state index in [1.165, 1.54) is 0 Å². The topological polar surface area (TPSA) is 104 Å². The molecule has 6 nitrogen and oxygen atoms in total. The molecule has 1 atom stereocenters. The number of carbonyl (C=O) groups excluding carboxylic acids is 2. The van der Waals surface area contributed by atoms with Crippen molar-refractivity contribution in [1.82, 2.24) is 5.32 Å². The Bertz CT molecular complexity index is 178. The molecule has 0 bridgehead atoms. The second-order valence-corrected chi connectivity index (χ2v) is 1.70. The highest BCUT2D eigenvalue weighted by Crippen LogP contribution is 1.80. The highest BCUT2D eigenvalue weighted by Gasteiger charge is 2.17. The third-order valence-electron chi connectivity index (χ3n) is 0.904. The number of aliphatic carboxylic acids is 1. The summed E-state index contributed by atoms with van der Waals surface area (Å²) in [4.78, 5) is 30.0. The second kappa shape index (κ2) is 4.40. The highest BCUT2D eigenvalue weighted by atomic mass is 16.4. The summed E-state index contributed by atoms with van der Waals surface area (Å²) in [5.74, 6) is -2.45. The Morgan fingerprint density at radius 2 is 2.09 bits per heavy atom. The number of carboxylic acid groups (broad SMARTS) is 1. The summed E-state index contributed by atoms with van der Waals surface area (Å²) >= 11 is 0. The molecule has 1 amide bonds. The van der Waals surface area contributed by atoms with Gasteiger partial charge in [0.25, 0.3) is 5.91 Å². The van der Waals surface area contributed by atoms with Gasteiger partial charge in [0.05, 0.1) is 6.61 Å². The molecule has 11 heavy (non-hydrogen) atoms. The van der Waals surface area contributed by atoms with E-state index in [0.29, 0.717) is 0 Å². The van der Waals surface area contributed by atoms with Crippen molar-refractivity contribution >= 4 is 18.2 Å². The molecular formula is C5H7NO5. The normalized spacial score (nSPS) is 11.7. The SMILES string of the molecule is O=CC(=O)N[C@@H](CO)C(=O)O. The molecule has 0 aliphatic carbocycles. The van der Waals surface area contributed by atoms with Gasteiger partial charge in [-0.3, -0.25) is 9.59 Å². The van der Waals surface area contributed by atoms with Crippen LogP contribution in [0.3, 0.4) is 0 Å². The van der Waals surface area contributed by atoms with Gasteiger partial charge in [0.15, 0.2) is 6.04 Å². The van der Waals surface area contributed by atoms with E-state index in [-0.39, 0.29) is 6.29 Å². The smallest absolute Gasteiger partial charge is 0.328 e. The number of nitrogens with one attached hydrogen (secondary N) is 1. The zero-order valence-electron chi connectivity index (χ0n) is 5.48. The van der Waals surface area contributed by atoms with Crippen LogP contribution in [0.25, 0.3) is 0 Å². The van der Waals surface area contributed by atoms with Crippen LogP contribution in [0.4, 0.5) is 0 Å². The van der Waals surface area contributed by atoms with Crippen molar-refractivity contribution in [3.8, 4) is 0 Å². The number of rotatable bonds is 4. The van der Waals surface area contributed by atoms with Crippen LogP contribution in [0.2, 0.25) is 0 Å². The molecule has 0 heterocycles. The highest BCUT2D eigenvalue weighted by molar-refractivity contribution is 6.24. The van der Waals surface area contributed by atoms with E-state index < -0.39 is 24.5 Å². The van der Waals surface area contributed by atoms with Crippen LogP contribution in [-0.4, -0.2) is 41.0 Å². The number of hydrogen-bond donors (Lipinski definition) is 3. The molecule has 0 aromatic heterocycles. The fourth-order valence-corrected chi connectivity index (χ4v) is 0.391. The summed E-state index contributed by atoms with van der Waals surface area (Å²) in [5.41, 5.74) is 0. The minimum absolute atomic E-state index is 0.0639. The predicted molar refractivity (Wildman–Crippen MR) is 32.7 cm³/mol. The van der Waals surface area contributed by atoms with Crippen LogP contribution < -0.4 is 5.32 Å². The first-order valence-electron chi connectivity index (χ1n) is 2.71. The third-order valence-corrected chi connectivity index (χ3v) is 0.904. The molecule has 0 aromatic rings. The summed E-state index contributed by atoms with van der Waals surface area (Å²) in [5, 5.41) is 18.3. The molecule has 6 heteroatoms. The Morgan fingerprint density at radius 3 is 2.36 bits per heavy atom. The van der Waals surface area contributed by atoms with Crippen molar-refractivity contribution in [2.45, 2.75) is 6.04 Å². The first-order valence-corrected chi connectivity index (χ1v) is 2.71. The van der Waals surface area contributed by atoms with Crippen molar-refractivity contribution < 1.29 is 24.6 Å². The van der Waals surface area contributed by atoms with Crippen molar-refractivity contribution in [2.75, 3.05) is 6.61 Å². The Balaban J connectivity index is 3.97. The van der Waals surface area contributed by atoms with Crippen molar-refractivity contribution in [2.24, 2.45) is 0 Å². The average molecular weight is 161 g/mol. The number of aldehydes is 1. The van der Waals surface area contributed by atoms with Gasteiger partial charge in [0, 0.05) is 0 Å². The lowest BCUT2D eigenvalue weighted by Crippen LogP contribution is -2.43. The maximum Gasteiger partial charge on any atom is 0.328 e. The zero-order valence-corrected chi connectivity index (χ0v) is 5.48. The van der Waals surface area contributed by atoms with Crippen molar-refractivity contribution in [3.63, 3.8) is 0 Å². The van der Waals surface area contributed by atoms with E-state index in [1.807, 2.05) is 0 Å². The largest absolute Gasteiger partial charge is 0.480 e.